The summed E-state index contributed by atoms with van der Waals surface area (Å²) in [5, 5.41) is 11.3. The monoisotopic (exact) mass is 312 g/mol. The first-order valence-electron chi connectivity index (χ1n) is 6.53. The van der Waals surface area contributed by atoms with E-state index in [4.69, 9.17) is 22.1 Å². The molecule has 1 aliphatic rings. The molecule has 1 saturated heterocycles. The molecule has 2 N–H and O–H groups in total. The molecule has 0 radical (unpaired) electrons. The van der Waals surface area contributed by atoms with Crippen molar-refractivity contribution in [1.29, 1.82) is 0 Å². The predicted molar refractivity (Wildman–Crippen MR) is 82.9 cm³/mol. The number of alkyl halides is 1. The summed E-state index contributed by atoms with van der Waals surface area (Å²) >= 11 is 5.63. The Balaban J connectivity index is 2.48. The fourth-order valence-electron chi connectivity index (χ4n) is 2.18. The van der Waals surface area contributed by atoms with Crippen LogP contribution in [-0.4, -0.2) is 42.9 Å². The summed E-state index contributed by atoms with van der Waals surface area (Å²) in [5.41, 5.74) is 7.54. The normalized spacial score (nSPS) is 16.1. The quantitative estimate of drug-likeness (QED) is 0.301. The third kappa shape index (κ3) is 3.62. The number of anilines is 1. The number of halogens is 1. The number of benzene rings is 1. The number of hydrogen-bond donors (Lipinski definition) is 1. The van der Waals surface area contributed by atoms with E-state index < -0.39 is 0 Å². The van der Waals surface area contributed by atoms with Gasteiger partial charge >= 0.3 is 0 Å². The number of nitrogens with two attached hydrogens (primary N) is 1. The predicted octanol–water partition coefficient (Wildman–Crippen LogP) is 1.97. The first-order valence-corrected chi connectivity index (χ1v) is 7.07. The number of aryl methyl sites for hydroxylation is 1. The minimum atomic E-state index is -0.379. The van der Waals surface area contributed by atoms with Crippen LogP contribution in [0.15, 0.2) is 17.1 Å². The average molecular weight is 313 g/mol. The van der Waals surface area contributed by atoms with Crippen molar-refractivity contribution in [2.24, 2.45) is 10.7 Å². The summed E-state index contributed by atoms with van der Waals surface area (Å²) in [6.07, 6.45) is 0. The highest BCUT2D eigenvalue weighted by Crippen LogP contribution is 2.35. The lowest BCUT2D eigenvalue weighted by Gasteiger charge is -2.28. The highest BCUT2D eigenvalue weighted by Gasteiger charge is 2.23. The molecule has 2 rings (SSSR count). The van der Waals surface area contributed by atoms with E-state index in [2.05, 4.69) is 4.99 Å². The van der Waals surface area contributed by atoms with Crippen LogP contribution < -0.4 is 10.6 Å². The Morgan fingerprint density at radius 2 is 2.19 bits per heavy atom. The van der Waals surface area contributed by atoms with Crippen LogP contribution in [0, 0.1) is 17.0 Å². The summed E-state index contributed by atoms with van der Waals surface area (Å²) in [6.45, 7) is 4.08. The third-order valence-electron chi connectivity index (χ3n) is 3.24. The van der Waals surface area contributed by atoms with Gasteiger partial charge in [0.25, 0.3) is 5.69 Å². The van der Waals surface area contributed by atoms with Crippen LogP contribution in [0.4, 0.5) is 17.1 Å². The van der Waals surface area contributed by atoms with Crippen molar-refractivity contribution in [1.82, 2.24) is 0 Å². The Labute approximate surface area is 127 Å². The molecule has 0 amide bonds. The van der Waals surface area contributed by atoms with Crippen molar-refractivity contribution in [2.75, 3.05) is 37.1 Å². The van der Waals surface area contributed by atoms with Crippen LogP contribution in [0.2, 0.25) is 0 Å². The van der Waals surface area contributed by atoms with Crippen molar-refractivity contribution in [3.63, 3.8) is 0 Å². The minimum Gasteiger partial charge on any atom is -0.386 e. The minimum absolute atomic E-state index is 0.0674. The molecule has 0 unspecified atom stereocenters. The van der Waals surface area contributed by atoms with Gasteiger partial charge in [0.05, 0.1) is 29.7 Å². The summed E-state index contributed by atoms with van der Waals surface area (Å²) in [5.74, 6) is 0.394. The Morgan fingerprint density at radius 3 is 2.76 bits per heavy atom. The van der Waals surface area contributed by atoms with E-state index in [9.17, 15) is 10.1 Å². The molecular formula is C13H17ClN4O3. The van der Waals surface area contributed by atoms with Gasteiger partial charge in [-0.25, -0.2) is 4.99 Å². The molecule has 8 heteroatoms. The van der Waals surface area contributed by atoms with Crippen molar-refractivity contribution in [2.45, 2.75) is 6.92 Å². The van der Waals surface area contributed by atoms with Gasteiger partial charge in [0, 0.05) is 19.2 Å². The van der Waals surface area contributed by atoms with E-state index in [1.54, 1.807) is 13.0 Å². The van der Waals surface area contributed by atoms with Crippen molar-refractivity contribution >= 4 is 34.5 Å². The zero-order valence-electron chi connectivity index (χ0n) is 11.7. The number of rotatable bonds is 4. The third-order valence-corrected chi connectivity index (χ3v) is 3.52. The van der Waals surface area contributed by atoms with Gasteiger partial charge < -0.3 is 15.4 Å². The molecule has 114 valence electrons. The number of morpholine rings is 1. The van der Waals surface area contributed by atoms with Crippen molar-refractivity contribution < 1.29 is 9.66 Å². The van der Waals surface area contributed by atoms with Gasteiger partial charge in [0.15, 0.2) is 0 Å². The summed E-state index contributed by atoms with van der Waals surface area (Å²) in [6, 6.07) is 3.21. The molecule has 21 heavy (non-hydrogen) atoms. The summed E-state index contributed by atoms with van der Waals surface area (Å²) in [7, 11) is 0. The highest BCUT2D eigenvalue weighted by molar-refractivity contribution is 6.28. The zero-order chi connectivity index (χ0) is 15.4. The molecule has 0 spiro atoms. The number of aliphatic imine (C=N–C) groups is 1. The van der Waals surface area contributed by atoms with Crippen LogP contribution in [0.1, 0.15) is 5.56 Å². The number of ether oxygens (including phenoxy) is 1. The van der Waals surface area contributed by atoms with Gasteiger partial charge in [-0.15, -0.1) is 11.6 Å². The second-order valence-electron chi connectivity index (χ2n) is 4.72. The van der Waals surface area contributed by atoms with Gasteiger partial charge in [-0.3, -0.25) is 10.1 Å². The number of nitro groups is 1. The SMILES string of the molecule is Cc1cc([N+](=O)[O-])c(N2CCOCC2)cc1N=C(N)CCl. The fourth-order valence-corrected chi connectivity index (χ4v) is 2.24. The summed E-state index contributed by atoms with van der Waals surface area (Å²) < 4.78 is 5.28. The number of amidine groups is 1. The molecule has 0 aliphatic carbocycles. The first-order chi connectivity index (χ1) is 10.0. The summed E-state index contributed by atoms with van der Waals surface area (Å²) in [4.78, 5) is 17.0. The fraction of sp³-hybridized carbons (Fsp3) is 0.462. The lowest BCUT2D eigenvalue weighted by Crippen LogP contribution is -2.36. The molecule has 7 nitrogen and oxygen atoms in total. The number of hydrogen-bond acceptors (Lipinski definition) is 5. The van der Waals surface area contributed by atoms with Gasteiger partial charge in [0.1, 0.15) is 11.5 Å². The van der Waals surface area contributed by atoms with Crippen molar-refractivity contribution in [3.8, 4) is 0 Å². The Morgan fingerprint density at radius 1 is 1.52 bits per heavy atom. The second kappa shape index (κ2) is 6.73. The lowest BCUT2D eigenvalue weighted by molar-refractivity contribution is -0.384. The second-order valence-corrected chi connectivity index (χ2v) is 4.99. The van der Waals surface area contributed by atoms with Crippen molar-refractivity contribution in [3.05, 3.63) is 27.8 Å². The zero-order valence-corrected chi connectivity index (χ0v) is 12.5. The van der Waals surface area contributed by atoms with Crippen LogP contribution in [0.3, 0.4) is 0 Å². The van der Waals surface area contributed by atoms with Gasteiger partial charge in [0.2, 0.25) is 0 Å². The number of nitro benzene ring substituents is 1. The maximum absolute atomic E-state index is 11.3. The molecule has 0 aromatic heterocycles. The molecule has 0 atom stereocenters. The van der Waals surface area contributed by atoms with Crippen LogP contribution in [-0.2, 0) is 4.74 Å². The van der Waals surface area contributed by atoms with E-state index >= 15 is 0 Å². The van der Waals surface area contributed by atoms with E-state index in [1.165, 1.54) is 6.07 Å². The molecular weight excluding hydrogens is 296 g/mol. The molecule has 1 heterocycles. The van der Waals surface area contributed by atoms with Crippen LogP contribution in [0.25, 0.3) is 0 Å². The van der Waals surface area contributed by atoms with E-state index in [1.807, 2.05) is 4.90 Å². The average Bonchev–Trinajstić information content (AvgIpc) is 2.49. The molecule has 0 saturated carbocycles. The topological polar surface area (TPSA) is 94.0 Å². The lowest BCUT2D eigenvalue weighted by atomic mass is 10.1. The molecule has 1 aromatic rings. The first kappa shape index (κ1) is 15.5. The molecule has 1 fully saturated rings. The molecule has 1 aromatic carbocycles. The van der Waals surface area contributed by atoms with E-state index in [0.717, 1.165) is 0 Å². The Kier molecular flexibility index (Phi) is 4.98. The Hall–Kier alpha value is -1.86. The van der Waals surface area contributed by atoms with Gasteiger partial charge in [-0.05, 0) is 18.6 Å². The van der Waals surface area contributed by atoms with Gasteiger partial charge in [-0.1, -0.05) is 0 Å². The van der Waals surface area contributed by atoms with E-state index in [0.29, 0.717) is 43.2 Å². The van der Waals surface area contributed by atoms with Gasteiger partial charge in [-0.2, -0.15) is 0 Å². The largest absolute Gasteiger partial charge is 0.386 e. The van der Waals surface area contributed by atoms with E-state index in [-0.39, 0.29) is 22.3 Å². The maximum Gasteiger partial charge on any atom is 0.292 e. The smallest absolute Gasteiger partial charge is 0.292 e. The Bertz CT molecular complexity index is 571. The standard InChI is InChI=1S/C13H17ClN4O3/c1-9-6-12(18(19)20)11(17-2-4-21-5-3-17)7-10(9)16-13(15)8-14/h6-7H,2-5,8H2,1H3,(H2,15,16). The highest BCUT2D eigenvalue weighted by atomic mass is 35.5. The van der Waals surface area contributed by atoms with Crippen LogP contribution in [0.5, 0.6) is 0 Å². The van der Waals surface area contributed by atoms with Crippen LogP contribution >= 0.6 is 11.6 Å². The number of nitrogens with zero attached hydrogens (tertiary/aromatic N) is 3. The maximum atomic E-state index is 11.3. The molecule has 1 aliphatic heterocycles. The molecule has 0 bridgehead atoms.